The van der Waals surface area contributed by atoms with E-state index in [1.165, 1.54) is 20.6 Å². The molecule has 19 heavy (non-hydrogen) atoms. The Morgan fingerprint density at radius 1 is 0.842 bits per heavy atom. The molecule has 1 heteroatoms. The summed E-state index contributed by atoms with van der Waals surface area (Å²) in [4.78, 5) is 0. The van der Waals surface area contributed by atoms with Gasteiger partial charge in [-0.05, 0) is 0 Å². The zero-order valence-electron chi connectivity index (χ0n) is 13.3. The van der Waals surface area contributed by atoms with Gasteiger partial charge in [0.2, 0.25) is 0 Å². The van der Waals surface area contributed by atoms with Crippen LogP contribution >= 0.6 is 0 Å². The molecule has 0 saturated heterocycles. The van der Waals surface area contributed by atoms with Crippen LogP contribution in [0, 0.1) is 10.8 Å². The van der Waals surface area contributed by atoms with Gasteiger partial charge in [-0.3, -0.25) is 0 Å². The Kier molecular flexibility index (Phi) is 5.13. The molecule has 0 aromatic heterocycles. The van der Waals surface area contributed by atoms with Gasteiger partial charge in [0.15, 0.2) is 0 Å². The van der Waals surface area contributed by atoms with Crippen molar-refractivity contribution >= 4 is 3.90 Å². The maximum atomic E-state index is 2.32. The molecule has 0 unspecified atom stereocenters. The SMILES string of the molecule is C/C(=C(\[C](=[W])c1ccccc1)C(C)(C)C)C(C)(C)C. The average Bonchev–Trinajstić information content (AvgIpc) is 2.27. The Morgan fingerprint density at radius 3 is 1.68 bits per heavy atom. The summed E-state index contributed by atoms with van der Waals surface area (Å²) in [7, 11) is 0. The van der Waals surface area contributed by atoms with Crippen LogP contribution < -0.4 is 0 Å². The van der Waals surface area contributed by atoms with Crippen LogP contribution in [0.3, 0.4) is 0 Å². The van der Waals surface area contributed by atoms with E-state index in [9.17, 15) is 0 Å². The standard InChI is InChI=1S/C18H26.W/c1-14(17(2,3)4)16(18(5,6)7)13-15-11-9-8-10-12-15;/h8-12H,1-7H3;/b16-14-;. The molecule has 1 rings (SSSR count). The fourth-order valence-electron chi connectivity index (χ4n) is 2.18. The molecule has 0 fully saturated rings. The van der Waals surface area contributed by atoms with Gasteiger partial charge in [0.1, 0.15) is 0 Å². The molecular formula is C18H26W. The van der Waals surface area contributed by atoms with Crippen LogP contribution in [0.1, 0.15) is 54.0 Å². The molecule has 0 heterocycles. The molecule has 0 aliphatic rings. The van der Waals surface area contributed by atoms with Crippen LogP contribution in [0.2, 0.25) is 0 Å². The molecule has 0 nitrogen and oxygen atoms in total. The first-order valence-corrected chi connectivity index (χ1v) is 8.33. The molecule has 0 aliphatic carbocycles. The van der Waals surface area contributed by atoms with Crippen molar-refractivity contribution in [3.8, 4) is 0 Å². The summed E-state index contributed by atoms with van der Waals surface area (Å²) < 4.78 is 1.49. The third kappa shape index (κ3) is 4.25. The van der Waals surface area contributed by atoms with Gasteiger partial charge in [0.05, 0.1) is 0 Å². The van der Waals surface area contributed by atoms with E-state index in [1.54, 1.807) is 19.4 Å². The Hall–Kier alpha value is -0.482. The summed E-state index contributed by atoms with van der Waals surface area (Å²) in [6.07, 6.45) is 0. The van der Waals surface area contributed by atoms with Crippen LogP contribution in [0.4, 0.5) is 0 Å². The molecular weight excluding hydrogens is 400 g/mol. The fraction of sp³-hybridized carbons (Fsp3) is 0.500. The minimum absolute atomic E-state index is 0.185. The zero-order valence-corrected chi connectivity index (χ0v) is 16.2. The van der Waals surface area contributed by atoms with Crippen molar-refractivity contribution in [2.24, 2.45) is 10.8 Å². The first-order chi connectivity index (χ1) is 8.55. The number of benzene rings is 1. The summed E-state index contributed by atoms with van der Waals surface area (Å²) in [5, 5.41) is 0. The predicted octanol–water partition coefficient (Wildman–Crippen LogP) is 5.16. The summed E-state index contributed by atoms with van der Waals surface area (Å²) in [5.41, 5.74) is 4.81. The number of allylic oxidation sites excluding steroid dienone is 2. The van der Waals surface area contributed by atoms with Crippen LogP contribution in [-0.2, 0) is 19.4 Å². The predicted molar refractivity (Wildman–Crippen MR) is 82.2 cm³/mol. The third-order valence-corrected chi connectivity index (χ3v) is 5.09. The summed E-state index contributed by atoms with van der Waals surface area (Å²) in [6.45, 7) is 16.2. The van der Waals surface area contributed by atoms with Crippen molar-refractivity contribution in [3.05, 3.63) is 47.0 Å². The monoisotopic (exact) mass is 426 g/mol. The summed E-state index contributed by atoms with van der Waals surface area (Å²) in [5.74, 6) is 0. The van der Waals surface area contributed by atoms with E-state index < -0.39 is 0 Å². The van der Waals surface area contributed by atoms with E-state index in [2.05, 4.69) is 78.8 Å². The molecule has 0 N–H and O–H groups in total. The summed E-state index contributed by atoms with van der Waals surface area (Å²) >= 11 is 1.55. The van der Waals surface area contributed by atoms with Gasteiger partial charge >= 0.3 is 130 Å². The van der Waals surface area contributed by atoms with Crippen LogP contribution in [0.15, 0.2) is 41.5 Å². The molecule has 0 spiro atoms. The quantitative estimate of drug-likeness (QED) is 0.613. The van der Waals surface area contributed by atoms with Crippen molar-refractivity contribution in [1.82, 2.24) is 0 Å². The molecule has 104 valence electrons. The zero-order chi connectivity index (χ0) is 14.8. The normalized spacial score (nSPS) is 14.1. The third-order valence-electron chi connectivity index (χ3n) is 3.51. The van der Waals surface area contributed by atoms with Gasteiger partial charge in [-0.25, -0.2) is 0 Å². The van der Waals surface area contributed by atoms with Gasteiger partial charge in [-0.15, -0.1) is 0 Å². The molecule has 0 aliphatic heterocycles. The van der Waals surface area contributed by atoms with Gasteiger partial charge < -0.3 is 0 Å². The number of rotatable bonds is 2. The van der Waals surface area contributed by atoms with E-state index in [-0.39, 0.29) is 10.8 Å². The molecule has 0 atom stereocenters. The Labute approximate surface area is 129 Å². The van der Waals surface area contributed by atoms with E-state index in [0.717, 1.165) is 0 Å². The van der Waals surface area contributed by atoms with E-state index in [4.69, 9.17) is 0 Å². The summed E-state index contributed by atoms with van der Waals surface area (Å²) in [6, 6.07) is 10.8. The van der Waals surface area contributed by atoms with E-state index in [0.29, 0.717) is 0 Å². The molecule has 1 aromatic carbocycles. The second-order valence-electron chi connectivity index (χ2n) is 7.20. The first-order valence-electron chi connectivity index (χ1n) is 6.86. The molecule has 0 bridgehead atoms. The molecule has 1 aromatic rings. The van der Waals surface area contributed by atoms with Crippen LogP contribution in [0.25, 0.3) is 0 Å². The second-order valence-corrected chi connectivity index (χ2v) is 8.66. The van der Waals surface area contributed by atoms with Crippen LogP contribution in [-0.4, -0.2) is 3.90 Å². The van der Waals surface area contributed by atoms with Crippen LogP contribution in [0.5, 0.6) is 0 Å². The Balaban J connectivity index is 3.41. The minimum atomic E-state index is 0.185. The molecule has 0 amide bonds. The van der Waals surface area contributed by atoms with Crippen molar-refractivity contribution in [2.75, 3.05) is 0 Å². The van der Waals surface area contributed by atoms with Crippen molar-refractivity contribution in [2.45, 2.75) is 48.5 Å². The van der Waals surface area contributed by atoms with Gasteiger partial charge in [-0.1, -0.05) is 0 Å². The first kappa shape index (κ1) is 16.6. The number of hydrogen-bond donors (Lipinski definition) is 0. The topological polar surface area (TPSA) is 0 Å². The van der Waals surface area contributed by atoms with Crippen molar-refractivity contribution in [1.29, 1.82) is 0 Å². The van der Waals surface area contributed by atoms with Gasteiger partial charge in [-0.2, -0.15) is 0 Å². The van der Waals surface area contributed by atoms with Crippen molar-refractivity contribution < 1.29 is 19.4 Å². The Morgan fingerprint density at radius 2 is 1.32 bits per heavy atom. The van der Waals surface area contributed by atoms with E-state index in [1.807, 2.05) is 0 Å². The average molecular weight is 426 g/mol. The van der Waals surface area contributed by atoms with Gasteiger partial charge in [0, 0.05) is 0 Å². The number of hydrogen-bond acceptors (Lipinski definition) is 0. The Bertz CT molecular complexity index is 479. The maximum absolute atomic E-state index is 2.32. The van der Waals surface area contributed by atoms with E-state index >= 15 is 0 Å². The molecule has 0 saturated carbocycles. The fourth-order valence-corrected chi connectivity index (χ4v) is 4.32. The van der Waals surface area contributed by atoms with Crippen molar-refractivity contribution in [3.63, 3.8) is 0 Å². The second kappa shape index (κ2) is 5.88. The molecule has 0 radical (unpaired) electrons. The van der Waals surface area contributed by atoms with Gasteiger partial charge in [0.25, 0.3) is 0 Å².